The molecule has 1 saturated heterocycles. The standard InChI is InChI=1S/C50H43NO7/c52-43(48(37-24-10-2-11-25-37,38-26-12-3-13-27-38)39-28-14-4-15-29-39)45-50(54,44(53)47(57-45)58-46(51(55)56)36-22-8-1-9-23-36)49(40-30-16-5-17-31-40,41-32-18-6-19-33-41)42-34-20-7-21-35-42/h1-35,43-47,52-54H/t43?,44-,45+,46?,47+,50-/m0/s1. The highest BCUT2D eigenvalue weighted by molar-refractivity contribution is 5.58. The molecule has 8 rings (SSSR count). The molecule has 7 aromatic carbocycles. The predicted octanol–water partition coefficient (Wildman–Crippen LogP) is 8.23. The first kappa shape index (κ1) is 38.6. The number of rotatable bonds is 13. The van der Waals surface area contributed by atoms with Crippen LogP contribution in [-0.2, 0) is 20.3 Å². The number of hydrogen-bond acceptors (Lipinski definition) is 7. The first-order valence-corrected chi connectivity index (χ1v) is 19.3. The summed E-state index contributed by atoms with van der Waals surface area (Å²) in [4.78, 5) is 12.2. The fraction of sp³-hybridized carbons (Fsp3) is 0.160. The van der Waals surface area contributed by atoms with Crippen molar-refractivity contribution in [2.45, 2.75) is 47.3 Å². The van der Waals surface area contributed by atoms with Crippen LogP contribution >= 0.6 is 0 Å². The third-order valence-electron chi connectivity index (χ3n) is 11.6. The predicted molar refractivity (Wildman–Crippen MR) is 221 cm³/mol. The fourth-order valence-electron chi connectivity index (χ4n) is 9.15. The lowest BCUT2D eigenvalue weighted by atomic mass is 9.53. The molecule has 1 aliphatic rings. The summed E-state index contributed by atoms with van der Waals surface area (Å²) < 4.78 is 13.1. The molecule has 0 aromatic heterocycles. The van der Waals surface area contributed by atoms with Crippen LogP contribution in [0.3, 0.4) is 0 Å². The minimum absolute atomic E-state index is 0.212. The zero-order chi connectivity index (χ0) is 40.2. The monoisotopic (exact) mass is 769 g/mol. The first-order chi connectivity index (χ1) is 28.3. The Morgan fingerprint density at radius 3 is 1.19 bits per heavy atom. The van der Waals surface area contributed by atoms with Gasteiger partial charge in [0, 0.05) is 0 Å². The number of hydrogen-bond donors (Lipinski definition) is 3. The van der Waals surface area contributed by atoms with Crippen LogP contribution in [0, 0.1) is 10.1 Å². The van der Waals surface area contributed by atoms with Crippen LogP contribution in [0.15, 0.2) is 212 Å². The third kappa shape index (κ3) is 6.32. The highest BCUT2D eigenvalue weighted by Crippen LogP contribution is 2.58. The van der Waals surface area contributed by atoms with E-state index < -0.39 is 52.2 Å². The van der Waals surface area contributed by atoms with Crippen LogP contribution in [0.4, 0.5) is 0 Å². The van der Waals surface area contributed by atoms with E-state index in [1.807, 2.05) is 182 Å². The van der Waals surface area contributed by atoms with E-state index in [2.05, 4.69) is 0 Å². The Bertz CT molecular complexity index is 2200. The maximum Gasteiger partial charge on any atom is 0.344 e. The van der Waals surface area contributed by atoms with Crippen molar-refractivity contribution in [2.24, 2.45) is 0 Å². The van der Waals surface area contributed by atoms with E-state index in [1.165, 1.54) is 0 Å². The molecule has 3 N–H and O–H groups in total. The molecule has 7 aromatic rings. The van der Waals surface area contributed by atoms with Gasteiger partial charge < -0.3 is 20.1 Å². The second-order valence-electron chi connectivity index (χ2n) is 14.6. The summed E-state index contributed by atoms with van der Waals surface area (Å²) in [7, 11) is 0. The average Bonchev–Trinajstić information content (AvgIpc) is 3.54. The number of aliphatic hydroxyl groups is 3. The molecule has 0 bridgehead atoms. The van der Waals surface area contributed by atoms with E-state index in [0.29, 0.717) is 33.4 Å². The summed E-state index contributed by atoms with van der Waals surface area (Å²) >= 11 is 0. The lowest BCUT2D eigenvalue weighted by Gasteiger charge is -2.53. The van der Waals surface area contributed by atoms with Crippen LogP contribution in [-0.4, -0.2) is 50.4 Å². The summed E-state index contributed by atoms with van der Waals surface area (Å²) in [5, 5.41) is 54.0. The highest BCUT2D eigenvalue weighted by Gasteiger charge is 2.72. The fourth-order valence-corrected chi connectivity index (χ4v) is 9.15. The van der Waals surface area contributed by atoms with Crippen LogP contribution in [0.5, 0.6) is 0 Å². The Kier molecular flexibility index (Phi) is 10.9. The molecule has 0 saturated carbocycles. The lowest BCUT2D eigenvalue weighted by Crippen LogP contribution is -2.68. The van der Waals surface area contributed by atoms with E-state index in [9.17, 15) is 25.4 Å². The first-order valence-electron chi connectivity index (χ1n) is 19.3. The molecule has 8 heteroatoms. The van der Waals surface area contributed by atoms with E-state index in [-0.39, 0.29) is 5.56 Å². The summed E-state index contributed by atoms with van der Waals surface area (Å²) in [5.41, 5.74) is -1.66. The third-order valence-corrected chi connectivity index (χ3v) is 11.6. The van der Waals surface area contributed by atoms with Gasteiger partial charge in [0.25, 0.3) is 0 Å². The maximum atomic E-state index is 14.4. The zero-order valence-corrected chi connectivity index (χ0v) is 31.5. The molecular formula is C50H43NO7. The molecule has 0 spiro atoms. The summed E-state index contributed by atoms with van der Waals surface area (Å²) in [6.07, 6.45) is -8.97. The quantitative estimate of drug-likeness (QED) is 0.0468. The molecular weight excluding hydrogens is 727 g/mol. The molecule has 8 nitrogen and oxygen atoms in total. The number of nitro groups is 1. The number of aliphatic hydroxyl groups excluding tert-OH is 2. The van der Waals surface area contributed by atoms with E-state index in [1.54, 1.807) is 30.3 Å². The molecule has 1 heterocycles. The van der Waals surface area contributed by atoms with E-state index in [0.717, 1.165) is 0 Å². The van der Waals surface area contributed by atoms with Crippen molar-refractivity contribution in [3.05, 3.63) is 261 Å². The average molecular weight is 770 g/mol. The van der Waals surface area contributed by atoms with Gasteiger partial charge in [-0.3, -0.25) is 14.9 Å². The summed E-state index contributed by atoms with van der Waals surface area (Å²) in [5.74, 6) is 0. The van der Waals surface area contributed by atoms with Crippen molar-refractivity contribution in [1.82, 2.24) is 0 Å². The van der Waals surface area contributed by atoms with Crippen molar-refractivity contribution in [3.63, 3.8) is 0 Å². The van der Waals surface area contributed by atoms with Gasteiger partial charge in [-0.1, -0.05) is 200 Å². The van der Waals surface area contributed by atoms with Gasteiger partial charge in [0.1, 0.15) is 23.9 Å². The Labute approximate surface area is 337 Å². The van der Waals surface area contributed by atoms with Gasteiger partial charge in [-0.15, -0.1) is 0 Å². The molecule has 290 valence electrons. The SMILES string of the molecule is O=[N+]([O-])C(O[C@H]1O[C@H](C(O)C(c2ccccc2)(c2ccccc2)c2ccccc2)[C@](O)(C(c2ccccc2)(c2ccccc2)c2ccccc2)[C@H]1O)c1ccccc1. The van der Waals surface area contributed by atoms with Gasteiger partial charge in [0.2, 0.25) is 0 Å². The largest absolute Gasteiger partial charge is 0.389 e. The molecule has 0 amide bonds. The maximum absolute atomic E-state index is 14.4. The van der Waals surface area contributed by atoms with Crippen molar-refractivity contribution < 1.29 is 29.7 Å². The van der Waals surface area contributed by atoms with Gasteiger partial charge in [-0.25, -0.2) is 0 Å². The van der Waals surface area contributed by atoms with Crippen molar-refractivity contribution >= 4 is 0 Å². The van der Waals surface area contributed by atoms with Crippen molar-refractivity contribution in [3.8, 4) is 0 Å². The van der Waals surface area contributed by atoms with Crippen LogP contribution in [0.1, 0.15) is 45.2 Å². The molecule has 6 atom stereocenters. The van der Waals surface area contributed by atoms with Gasteiger partial charge in [0.15, 0.2) is 6.29 Å². The number of nitrogens with zero attached hydrogens (tertiary/aromatic N) is 1. The highest BCUT2D eigenvalue weighted by atomic mass is 16.8. The van der Waals surface area contributed by atoms with Crippen molar-refractivity contribution in [1.29, 1.82) is 0 Å². The van der Waals surface area contributed by atoms with Crippen molar-refractivity contribution in [2.75, 3.05) is 0 Å². The Balaban J connectivity index is 1.46. The molecule has 0 aliphatic carbocycles. The Morgan fingerprint density at radius 1 is 0.552 bits per heavy atom. The lowest BCUT2D eigenvalue weighted by molar-refractivity contribution is -0.595. The van der Waals surface area contributed by atoms with Crippen LogP contribution in [0.25, 0.3) is 0 Å². The second kappa shape index (κ2) is 16.3. The Hall–Kier alpha value is -6.26. The van der Waals surface area contributed by atoms with Crippen LogP contribution in [0.2, 0.25) is 0 Å². The second-order valence-corrected chi connectivity index (χ2v) is 14.6. The van der Waals surface area contributed by atoms with Gasteiger partial charge >= 0.3 is 6.23 Å². The van der Waals surface area contributed by atoms with Crippen LogP contribution < -0.4 is 0 Å². The van der Waals surface area contributed by atoms with Gasteiger partial charge in [0.05, 0.1) is 21.3 Å². The molecule has 1 fully saturated rings. The molecule has 0 radical (unpaired) electrons. The molecule has 2 unspecified atom stereocenters. The van der Waals surface area contributed by atoms with Gasteiger partial charge in [-0.05, 0) is 45.5 Å². The van der Waals surface area contributed by atoms with Gasteiger partial charge in [-0.2, -0.15) is 0 Å². The minimum Gasteiger partial charge on any atom is -0.389 e. The molecule has 58 heavy (non-hydrogen) atoms. The molecule has 1 aliphatic heterocycles. The number of ether oxygens (including phenoxy) is 2. The summed E-state index contributed by atoms with van der Waals surface area (Å²) in [6, 6.07) is 64.5. The topological polar surface area (TPSA) is 122 Å². The zero-order valence-electron chi connectivity index (χ0n) is 31.5. The van der Waals surface area contributed by atoms with E-state index >= 15 is 0 Å². The smallest absolute Gasteiger partial charge is 0.344 e. The normalized spacial score (nSPS) is 20.6. The minimum atomic E-state index is -2.51. The number of benzene rings is 7. The Morgan fingerprint density at radius 2 is 0.862 bits per heavy atom. The summed E-state index contributed by atoms with van der Waals surface area (Å²) in [6.45, 7) is 0. The van der Waals surface area contributed by atoms with E-state index in [4.69, 9.17) is 9.47 Å².